The number of anilines is 1. The number of aromatic amines is 1. The second-order valence-electron chi connectivity index (χ2n) is 4.07. The minimum absolute atomic E-state index is 0.00810. The summed E-state index contributed by atoms with van der Waals surface area (Å²) in [5, 5.41) is 0.121. The van der Waals surface area contributed by atoms with Gasteiger partial charge in [-0.3, -0.25) is 0 Å². The molecule has 0 aliphatic rings. The second-order valence-corrected chi connectivity index (χ2v) is 6.32. The highest BCUT2D eigenvalue weighted by Crippen LogP contribution is 2.33. The summed E-state index contributed by atoms with van der Waals surface area (Å²) in [6.45, 7) is 0. The molecular formula is C12H9ClN4O2S. The van der Waals surface area contributed by atoms with Crippen molar-refractivity contribution < 1.29 is 8.42 Å². The molecular weight excluding hydrogens is 300 g/mol. The molecule has 0 bridgehead atoms. The fraction of sp³-hybridized carbons (Fsp3) is 0. The monoisotopic (exact) mass is 308 g/mol. The molecule has 8 heteroatoms. The molecule has 0 aliphatic carbocycles. The van der Waals surface area contributed by atoms with Crippen molar-refractivity contribution >= 4 is 38.3 Å². The molecule has 0 saturated heterocycles. The average Bonchev–Trinajstić information content (AvgIpc) is 2.78. The first-order valence-electron chi connectivity index (χ1n) is 5.59. The van der Waals surface area contributed by atoms with Gasteiger partial charge in [0.2, 0.25) is 9.84 Å². The van der Waals surface area contributed by atoms with Crippen molar-refractivity contribution in [2.75, 3.05) is 5.73 Å². The van der Waals surface area contributed by atoms with Gasteiger partial charge in [0.15, 0.2) is 5.15 Å². The van der Waals surface area contributed by atoms with E-state index in [0.29, 0.717) is 5.52 Å². The second kappa shape index (κ2) is 4.46. The zero-order chi connectivity index (χ0) is 14.3. The Morgan fingerprint density at radius 3 is 2.55 bits per heavy atom. The molecule has 6 nitrogen and oxygen atoms in total. The van der Waals surface area contributed by atoms with Crippen LogP contribution in [0, 0.1) is 0 Å². The van der Waals surface area contributed by atoms with Gasteiger partial charge in [0.05, 0.1) is 4.90 Å². The summed E-state index contributed by atoms with van der Waals surface area (Å²) in [7, 11) is -3.77. The third-order valence-electron chi connectivity index (χ3n) is 2.84. The maximum absolute atomic E-state index is 12.6. The SMILES string of the molecule is Nc1[nH]c2c(Cl)ncnc2c1S(=O)(=O)c1ccccc1. The van der Waals surface area contributed by atoms with Crippen molar-refractivity contribution in [1.82, 2.24) is 15.0 Å². The van der Waals surface area contributed by atoms with E-state index >= 15 is 0 Å². The van der Waals surface area contributed by atoms with Crippen LogP contribution in [0.2, 0.25) is 5.15 Å². The Bertz CT molecular complexity index is 890. The summed E-state index contributed by atoms with van der Waals surface area (Å²) in [5.74, 6) is -0.00810. The third-order valence-corrected chi connectivity index (χ3v) is 4.97. The van der Waals surface area contributed by atoms with Crippen LogP contribution in [0.5, 0.6) is 0 Å². The van der Waals surface area contributed by atoms with Crippen molar-refractivity contribution in [1.29, 1.82) is 0 Å². The van der Waals surface area contributed by atoms with Crippen molar-refractivity contribution in [2.45, 2.75) is 9.79 Å². The summed E-state index contributed by atoms with van der Waals surface area (Å²) >= 11 is 5.91. The Morgan fingerprint density at radius 2 is 1.85 bits per heavy atom. The Hall–Kier alpha value is -2.12. The van der Waals surface area contributed by atoms with Crippen LogP contribution in [0.1, 0.15) is 0 Å². The molecule has 0 aliphatic heterocycles. The van der Waals surface area contributed by atoms with Crippen molar-refractivity contribution in [3.63, 3.8) is 0 Å². The minimum Gasteiger partial charge on any atom is -0.384 e. The first-order valence-corrected chi connectivity index (χ1v) is 7.45. The average molecular weight is 309 g/mol. The molecule has 3 aromatic rings. The van der Waals surface area contributed by atoms with Crippen LogP contribution in [0.15, 0.2) is 46.5 Å². The number of halogens is 1. The highest BCUT2D eigenvalue weighted by Gasteiger charge is 2.27. The molecule has 3 rings (SSSR count). The molecule has 0 unspecified atom stereocenters. The molecule has 2 aromatic heterocycles. The van der Waals surface area contributed by atoms with Gasteiger partial charge in [-0.2, -0.15) is 0 Å². The molecule has 3 N–H and O–H groups in total. The molecule has 102 valence electrons. The number of hydrogen-bond acceptors (Lipinski definition) is 5. The zero-order valence-corrected chi connectivity index (χ0v) is 11.6. The van der Waals surface area contributed by atoms with E-state index in [0.717, 1.165) is 0 Å². The minimum atomic E-state index is -3.77. The highest BCUT2D eigenvalue weighted by molar-refractivity contribution is 7.92. The summed E-state index contributed by atoms with van der Waals surface area (Å²) < 4.78 is 25.3. The molecule has 0 atom stereocenters. The number of nitrogens with one attached hydrogen (secondary N) is 1. The lowest BCUT2D eigenvalue weighted by Crippen LogP contribution is -2.04. The number of H-pyrrole nitrogens is 1. The molecule has 2 heterocycles. The fourth-order valence-electron chi connectivity index (χ4n) is 1.96. The van der Waals surface area contributed by atoms with Gasteiger partial charge in [0.25, 0.3) is 0 Å². The summed E-state index contributed by atoms with van der Waals surface area (Å²) in [6, 6.07) is 8.00. The molecule has 0 spiro atoms. The van der Waals surface area contributed by atoms with Gasteiger partial charge in [0.1, 0.15) is 28.1 Å². The molecule has 20 heavy (non-hydrogen) atoms. The van der Waals surface area contributed by atoms with Crippen LogP contribution in [-0.4, -0.2) is 23.4 Å². The number of nitrogen functional groups attached to an aromatic ring is 1. The molecule has 0 fully saturated rings. The van der Waals surface area contributed by atoms with Crippen LogP contribution in [0.3, 0.4) is 0 Å². The van der Waals surface area contributed by atoms with Crippen LogP contribution < -0.4 is 5.73 Å². The topological polar surface area (TPSA) is 102 Å². The number of fused-ring (bicyclic) bond motifs is 1. The van der Waals surface area contributed by atoms with Crippen LogP contribution >= 0.6 is 11.6 Å². The fourth-order valence-corrected chi connectivity index (χ4v) is 3.64. The summed E-state index contributed by atoms with van der Waals surface area (Å²) in [6.07, 6.45) is 1.20. The van der Waals surface area contributed by atoms with Crippen molar-refractivity contribution in [2.24, 2.45) is 0 Å². The normalized spacial score (nSPS) is 11.8. The van der Waals surface area contributed by atoms with E-state index in [1.54, 1.807) is 18.2 Å². The lowest BCUT2D eigenvalue weighted by atomic mass is 10.4. The lowest BCUT2D eigenvalue weighted by molar-refractivity contribution is 0.597. The highest BCUT2D eigenvalue weighted by atomic mass is 35.5. The Morgan fingerprint density at radius 1 is 1.15 bits per heavy atom. The maximum atomic E-state index is 12.6. The number of sulfone groups is 1. The first-order chi connectivity index (χ1) is 9.51. The van der Waals surface area contributed by atoms with Gasteiger partial charge in [-0.1, -0.05) is 29.8 Å². The van der Waals surface area contributed by atoms with E-state index in [1.165, 1.54) is 18.5 Å². The van der Waals surface area contributed by atoms with E-state index in [2.05, 4.69) is 15.0 Å². The zero-order valence-electron chi connectivity index (χ0n) is 10.0. The van der Waals surface area contributed by atoms with Crippen LogP contribution in [0.4, 0.5) is 5.82 Å². The number of nitrogens with zero attached hydrogens (tertiary/aromatic N) is 2. The van der Waals surface area contributed by atoms with Gasteiger partial charge in [0, 0.05) is 0 Å². The van der Waals surface area contributed by atoms with Gasteiger partial charge in [-0.05, 0) is 12.1 Å². The predicted octanol–water partition coefficient (Wildman–Crippen LogP) is 2.03. The van der Waals surface area contributed by atoms with Crippen LogP contribution in [0.25, 0.3) is 11.0 Å². The smallest absolute Gasteiger partial charge is 0.212 e. The number of benzene rings is 1. The van der Waals surface area contributed by atoms with E-state index in [1.807, 2.05) is 0 Å². The van der Waals surface area contributed by atoms with E-state index in [9.17, 15) is 8.42 Å². The molecule has 1 aromatic carbocycles. The van der Waals surface area contributed by atoms with E-state index in [-0.39, 0.29) is 26.3 Å². The standard InChI is InChI=1S/C12H9ClN4O2S/c13-11-9-8(15-6-16-11)10(12(14)17-9)20(18,19)7-4-2-1-3-5-7/h1-6,17H,14H2. The first kappa shape index (κ1) is 12.9. The molecule has 0 saturated carbocycles. The Kier molecular flexibility index (Phi) is 2.88. The summed E-state index contributed by atoms with van der Waals surface area (Å²) in [4.78, 5) is 10.5. The maximum Gasteiger partial charge on any atom is 0.212 e. The van der Waals surface area contributed by atoms with Gasteiger partial charge < -0.3 is 10.7 Å². The third kappa shape index (κ3) is 1.83. The van der Waals surface area contributed by atoms with Gasteiger partial charge in [-0.15, -0.1) is 0 Å². The lowest BCUT2D eigenvalue weighted by Gasteiger charge is -2.03. The Balaban J connectivity index is 2.36. The quantitative estimate of drug-likeness (QED) is 0.705. The molecule has 0 amide bonds. The van der Waals surface area contributed by atoms with Crippen molar-refractivity contribution in [3.8, 4) is 0 Å². The van der Waals surface area contributed by atoms with Crippen LogP contribution in [-0.2, 0) is 9.84 Å². The number of hydrogen-bond donors (Lipinski definition) is 2. The predicted molar refractivity (Wildman–Crippen MR) is 75.2 cm³/mol. The number of nitrogens with two attached hydrogens (primary N) is 1. The van der Waals surface area contributed by atoms with Gasteiger partial charge >= 0.3 is 0 Å². The molecule has 0 radical (unpaired) electrons. The number of rotatable bonds is 2. The Labute approximate surface area is 119 Å². The van der Waals surface area contributed by atoms with Crippen molar-refractivity contribution in [3.05, 3.63) is 41.8 Å². The largest absolute Gasteiger partial charge is 0.384 e. The summed E-state index contributed by atoms with van der Waals surface area (Å²) in [5.41, 5.74) is 6.28. The number of aromatic nitrogens is 3. The van der Waals surface area contributed by atoms with E-state index in [4.69, 9.17) is 17.3 Å². The van der Waals surface area contributed by atoms with Gasteiger partial charge in [-0.25, -0.2) is 18.4 Å². The van der Waals surface area contributed by atoms with E-state index < -0.39 is 9.84 Å².